The van der Waals surface area contributed by atoms with Crippen molar-refractivity contribution in [3.05, 3.63) is 65.0 Å². The van der Waals surface area contributed by atoms with Crippen LogP contribution in [0.4, 0.5) is 0 Å². The van der Waals surface area contributed by atoms with Crippen LogP contribution in [-0.2, 0) is 6.54 Å². The average Bonchev–Trinajstić information content (AvgIpc) is 3.14. The molecule has 0 aliphatic carbocycles. The molecule has 1 fully saturated rings. The molecule has 0 spiro atoms. The second kappa shape index (κ2) is 8.11. The number of carbonyl (C=O) groups is 1. The Morgan fingerprint density at radius 2 is 1.89 bits per heavy atom. The molecular weight excluding hydrogens is 356 g/mol. The summed E-state index contributed by atoms with van der Waals surface area (Å²) in [6.07, 6.45) is 1.99. The van der Waals surface area contributed by atoms with E-state index in [1.807, 2.05) is 30.3 Å². The van der Waals surface area contributed by atoms with Gasteiger partial charge in [-0.05, 0) is 48.1 Å². The van der Waals surface area contributed by atoms with E-state index >= 15 is 0 Å². The molecule has 1 N–H and O–H groups in total. The molecule has 1 aliphatic rings. The van der Waals surface area contributed by atoms with Crippen molar-refractivity contribution in [2.45, 2.75) is 25.4 Å². The Bertz CT molecular complexity index is 878. The summed E-state index contributed by atoms with van der Waals surface area (Å²) in [5, 5.41) is 4.36. The quantitative estimate of drug-likeness (QED) is 0.717. The van der Waals surface area contributed by atoms with Gasteiger partial charge in [0.25, 0.3) is 5.91 Å². The van der Waals surface area contributed by atoms with Crippen molar-refractivity contribution < 1.29 is 9.53 Å². The first-order chi connectivity index (χ1) is 13.2. The van der Waals surface area contributed by atoms with Crippen molar-refractivity contribution in [3.8, 4) is 5.75 Å². The molecule has 2 aromatic carbocycles. The van der Waals surface area contributed by atoms with Gasteiger partial charge in [0.15, 0.2) is 0 Å². The number of methoxy groups -OCH3 is 1. The predicted octanol–water partition coefficient (Wildman–Crippen LogP) is 4.30. The standard InChI is InChI=1S/C22H24N2O2S/c1-26-19-8-6-16(7-9-19)15-24-12-10-18(11-13-24)23-22(25)21-14-17-4-2-3-5-20(17)27-21/h2-9,14,18H,10-13,15H2,1H3,(H,23,25). The van der Waals surface area contributed by atoms with E-state index in [1.165, 1.54) is 5.56 Å². The lowest BCUT2D eigenvalue weighted by atomic mass is 10.0. The van der Waals surface area contributed by atoms with Crippen LogP contribution < -0.4 is 10.1 Å². The van der Waals surface area contributed by atoms with Gasteiger partial charge in [-0.3, -0.25) is 9.69 Å². The Hall–Kier alpha value is -2.37. The zero-order chi connectivity index (χ0) is 18.6. The Kier molecular flexibility index (Phi) is 5.41. The number of amides is 1. The van der Waals surface area contributed by atoms with Gasteiger partial charge in [-0.2, -0.15) is 0 Å². The number of piperidine rings is 1. The number of hydrogen-bond acceptors (Lipinski definition) is 4. The lowest BCUT2D eigenvalue weighted by Crippen LogP contribution is -2.44. The van der Waals surface area contributed by atoms with Crippen LogP contribution in [0, 0.1) is 0 Å². The molecule has 1 saturated heterocycles. The Balaban J connectivity index is 1.29. The molecule has 0 radical (unpaired) electrons. The predicted molar refractivity (Wildman–Crippen MR) is 111 cm³/mol. The van der Waals surface area contributed by atoms with Gasteiger partial charge in [0.1, 0.15) is 5.75 Å². The Morgan fingerprint density at radius 1 is 1.15 bits per heavy atom. The molecule has 2 heterocycles. The highest BCUT2D eigenvalue weighted by Crippen LogP contribution is 2.25. The third-order valence-corrected chi connectivity index (χ3v) is 6.25. The van der Waals surface area contributed by atoms with Gasteiger partial charge >= 0.3 is 0 Å². The molecule has 3 aromatic rings. The number of ether oxygens (including phenoxy) is 1. The van der Waals surface area contributed by atoms with Crippen molar-refractivity contribution in [3.63, 3.8) is 0 Å². The summed E-state index contributed by atoms with van der Waals surface area (Å²) in [5.41, 5.74) is 1.29. The maximum atomic E-state index is 12.6. The van der Waals surface area contributed by atoms with E-state index in [9.17, 15) is 4.79 Å². The molecular formula is C22H24N2O2S. The van der Waals surface area contributed by atoms with E-state index in [1.54, 1.807) is 18.4 Å². The van der Waals surface area contributed by atoms with Crippen LogP contribution in [0.25, 0.3) is 10.1 Å². The van der Waals surface area contributed by atoms with Crippen LogP contribution in [0.5, 0.6) is 5.75 Å². The molecule has 4 nitrogen and oxygen atoms in total. The maximum Gasteiger partial charge on any atom is 0.261 e. The average molecular weight is 381 g/mol. The number of carbonyl (C=O) groups excluding carboxylic acids is 1. The van der Waals surface area contributed by atoms with Gasteiger partial charge < -0.3 is 10.1 Å². The van der Waals surface area contributed by atoms with Crippen LogP contribution in [0.1, 0.15) is 28.1 Å². The first kappa shape index (κ1) is 18.0. The molecule has 27 heavy (non-hydrogen) atoms. The molecule has 140 valence electrons. The number of rotatable bonds is 5. The molecule has 1 amide bonds. The minimum atomic E-state index is 0.0600. The molecule has 0 saturated carbocycles. The third-order valence-electron chi connectivity index (χ3n) is 5.14. The largest absolute Gasteiger partial charge is 0.497 e. The first-order valence-corrected chi connectivity index (χ1v) is 10.2. The zero-order valence-corrected chi connectivity index (χ0v) is 16.3. The first-order valence-electron chi connectivity index (χ1n) is 9.36. The van der Waals surface area contributed by atoms with E-state index < -0.39 is 0 Å². The number of hydrogen-bond donors (Lipinski definition) is 1. The number of nitrogens with one attached hydrogen (secondary N) is 1. The summed E-state index contributed by atoms with van der Waals surface area (Å²) in [6.45, 7) is 2.95. The molecule has 0 bridgehead atoms. The Morgan fingerprint density at radius 3 is 2.59 bits per heavy atom. The molecule has 4 rings (SSSR count). The van der Waals surface area contributed by atoms with Gasteiger partial charge in [-0.1, -0.05) is 30.3 Å². The second-order valence-corrected chi connectivity index (χ2v) is 8.10. The minimum Gasteiger partial charge on any atom is -0.497 e. The SMILES string of the molecule is COc1ccc(CN2CCC(NC(=O)c3cc4ccccc4s3)CC2)cc1. The monoisotopic (exact) mass is 380 g/mol. The van der Waals surface area contributed by atoms with Gasteiger partial charge in [0, 0.05) is 30.4 Å². The van der Waals surface area contributed by atoms with E-state index in [2.05, 4.69) is 34.5 Å². The van der Waals surface area contributed by atoms with Gasteiger partial charge in [0.2, 0.25) is 0 Å². The van der Waals surface area contributed by atoms with Crippen molar-refractivity contribution in [1.29, 1.82) is 0 Å². The highest BCUT2D eigenvalue weighted by atomic mass is 32.1. The zero-order valence-electron chi connectivity index (χ0n) is 15.5. The summed E-state index contributed by atoms with van der Waals surface area (Å²) in [5.74, 6) is 0.950. The van der Waals surface area contributed by atoms with Gasteiger partial charge in [-0.25, -0.2) is 0 Å². The van der Waals surface area contributed by atoms with E-state index in [0.717, 1.165) is 53.2 Å². The summed E-state index contributed by atoms with van der Waals surface area (Å²) in [4.78, 5) is 15.8. The highest BCUT2D eigenvalue weighted by molar-refractivity contribution is 7.20. The van der Waals surface area contributed by atoms with E-state index in [-0.39, 0.29) is 11.9 Å². The number of thiophene rings is 1. The molecule has 0 atom stereocenters. The third kappa shape index (κ3) is 4.31. The number of benzene rings is 2. The smallest absolute Gasteiger partial charge is 0.261 e. The second-order valence-electron chi connectivity index (χ2n) is 7.02. The lowest BCUT2D eigenvalue weighted by molar-refractivity contribution is 0.0913. The normalized spacial score (nSPS) is 15.7. The van der Waals surface area contributed by atoms with Crippen LogP contribution in [0.3, 0.4) is 0 Å². The number of fused-ring (bicyclic) bond motifs is 1. The van der Waals surface area contributed by atoms with Crippen LogP contribution in [0.2, 0.25) is 0 Å². The summed E-state index contributed by atoms with van der Waals surface area (Å²) >= 11 is 1.57. The highest BCUT2D eigenvalue weighted by Gasteiger charge is 2.22. The summed E-state index contributed by atoms with van der Waals surface area (Å²) in [7, 11) is 1.69. The van der Waals surface area contributed by atoms with Gasteiger partial charge in [0.05, 0.1) is 12.0 Å². The van der Waals surface area contributed by atoms with Crippen molar-refractivity contribution in [2.75, 3.05) is 20.2 Å². The fourth-order valence-electron chi connectivity index (χ4n) is 3.57. The maximum absolute atomic E-state index is 12.6. The lowest BCUT2D eigenvalue weighted by Gasteiger charge is -2.32. The molecule has 1 aromatic heterocycles. The summed E-state index contributed by atoms with van der Waals surface area (Å²) in [6, 6.07) is 18.6. The van der Waals surface area contributed by atoms with E-state index in [0.29, 0.717) is 0 Å². The topological polar surface area (TPSA) is 41.6 Å². The number of likely N-dealkylation sites (tertiary alicyclic amines) is 1. The minimum absolute atomic E-state index is 0.0600. The summed E-state index contributed by atoms with van der Waals surface area (Å²) < 4.78 is 6.38. The fraction of sp³-hybridized carbons (Fsp3) is 0.318. The molecule has 1 aliphatic heterocycles. The number of nitrogens with zero attached hydrogens (tertiary/aromatic N) is 1. The van der Waals surface area contributed by atoms with Crippen molar-refractivity contribution >= 4 is 27.3 Å². The van der Waals surface area contributed by atoms with Crippen molar-refractivity contribution in [2.24, 2.45) is 0 Å². The van der Waals surface area contributed by atoms with Crippen LogP contribution in [-0.4, -0.2) is 37.0 Å². The van der Waals surface area contributed by atoms with Crippen molar-refractivity contribution in [1.82, 2.24) is 10.2 Å². The molecule has 0 unspecified atom stereocenters. The Labute approximate surface area is 163 Å². The van der Waals surface area contributed by atoms with Crippen LogP contribution in [0.15, 0.2) is 54.6 Å². The fourth-order valence-corrected chi connectivity index (χ4v) is 4.54. The molecule has 5 heteroatoms. The van der Waals surface area contributed by atoms with Crippen LogP contribution >= 0.6 is 11.3 Å². The van der Waals surface area contributed by atoms with E-state index in [4.69, 9.17) is 4.74 Å². The van der Waals surface area contributed by atoms with Gasteiger partial charge in [-0.15, -0.1) is 11.3 Å².